The van der Waals surface area contributed by atoms with Crippen molar-refractivity contribution in [3.63, 3.8) is 0 Å². The predicted molar refractivity (Wildman–Crippen MR) is 101 cm³/mol. The number of nitrogens with zero attached hydrogens (tertiary/aromatic N) is 1. The van der Waals surface area contributed by atoms with Crippen molar-refractivity contribution < 1.29 is 9.53 Å². The number of aryl methyl sites for hydroxylation is 1. The zero-order valence-corrected chi connectivity index (χ0v) is 15.1. The second-order valence-electron chi connectivity index (χ2n) is 5.93. The lowest BCUT2D eigenvalue weighted by atomic mass is 10.2. The second kappa shape index (κ2) is 7.98. The van der Waals surface area contributed by atoms with Crippen LogP contribution < -0.4 is 15.4 Å². The number of para-hydroxylation sites is 1. The highest BCUT2D eigenvalue weighted by Crippen LogP contribution is 2.21. The largest absolute Gasteiger partial charge is 0.491 e. The third-order valence-corrected chi connectivity index (χ3v) is 4.64. The number of hydrogen-bond donors (Lipinski definition) is 2. The van der Waals surface area contributed by atoms with Crippen LogP contribution in [0.1, 0.15) is 17.5 Å². The van der Waals surface area contributed by atoms with Gasteiger partial charge in [0, 0.05) is 0 Å². The first-order chi connectivity index (χ1) is 12.1. The van der Waals surface area contributed by atoms with E-state index >= 15 is 0 Å². The molecular formula is C19H21N3O2S. The fourth-order valence-corrected chi connectivity index (χ4v) is 3.30. The summed E-state index contributed by atoms with van der Waals surface area (Å²) in [6.07, 6.45) is 0. The lowest BCUT2D eigenvalue weighted by Gasteiger charge is -2.15. The molecular weight excluding hydrogens is 334 g/mol. The second-order valence-corrected chi connectivity index (χ2v) is 7.05. The van der Waals surface area contributed by atoms with Crippen LogP contribution in [0, 0.1) is 6.92 Å². The number of nitrogens with one attached hydrogen (secondary N) is 2. The summed E-state index contributed by atoms with van der Waals surface area (Å²) < 4.78 is 6.82. The van der Waals surface area contributed by atoms with Gasteiger partial charge in [-0.1, -0.05) is 24.3 Å². The Labute approximate surface area is 151 Å². The Bertz CT molecular complexity index is 830. The smallest absolute Gasteiger partial charge is 0.315 e. The molecule has 0 saturated heterocycles. The molecule has 1 aromatic heterocycles. The molecule has 0 saturated carbocycles. The molecule has 5 nitrogen and oxygen atoms in total. The number of thiazole rings is 1. The SMILES string of the molecule is Cc1cccc(OCC(C)NC(=O)NCc2nc3ccccc3s2)c1. The predicted octanol–water partition coefficient (Wildman–Crippen LogP) is 3.87. The van der Waals surface area contributed by atoms with Gasteiger partial charge in [0.1, 0.15) is 17.4 Å². The van der Waals surface area contributed by atoms with E-state index in [0.717, 1.165) is 26.5 Å². The number of aromatic nitrogens is 1. The lowest BCUT2D eigenvalue weighted by Crippen LogP contribution is -2.42. The minimum atomic E-state index is -0.223. The lowest BCUT2D eigenvalue weighted by molar-refractivity contribution is 0.226. The van der Waals surface area contributed by atoms with Gasteiger partial charge in [0.2, 0.25) is 0 Å². The maximum atomic E-state index is 12.0. The summed E-state index contributed by atoms with van der Waals surface area (Å²) in [7, 11) is 0. The molecule has 2 amide bonds. The molecule has 0 aliphatic heterocycles. The Kier molecular flexibility index (Phi) is 5.50. The molecule has 0 aliphatic carbocycles. The molecule has 1 heterocycles. The van der Waals surface area contributed by atoms with E-state index in [2.05, 4.69) is 15.6 Å². The van der Waals surface area contributed by atoms with E-state index in [1.165, 1.54) is 0 Å². The van der Waals surface area contributed by atoms with Gasteiger partial charge >= 0.3 is 6.03 Å². The topological polar surface area (TPSA) is 63.2 Å². The van der Waals surface area contributed by atoms with E-state index in [1.54, 1.807) is 11.3 Å². The summed E-state index contributed by atoms with van der Waals surface area (Å²) in [5.74, 6) is 0.809. The number of urea groups is 1. The van der Waals surface area contributed by atoms with Crippen molar-refractivity contribution in [2.24, 2.45) is 0 Å². The maximum Gasteiger partial charge on any atom is 0.315 e. The highest BCUT2D eigenvalue weighted by atomic mass is 32.1. The summed E-state index contributed by atoms with van der Waals surface area (Å²) in [5, 5.41) is 6.60. The van der Waals surface area contributed by atoms with Crippen molar-refractivity contribution in [1.82, 2.24) is 15.6 Å². The number of ether oxygens (including phenoxy) is 1. The first-order valence-corrected chi connectivity index (χ1v) is 9.00. The highest BCUT2D eigenvalue weighted by Gasteiger charge is 2.09. The van der Waals surface area contributed by atoms with Crippen molar-refractivity contribution >= 4 is 27.6 Å². The first-order valence-electron chi connectivity index (χ1n) is 8.18. The minimum absolute atomic E-state index is 0.101. The number of fused-ring (bicyclic) bond motifs is 1. The van der Waals surface area contributed by atoms with Crippen LogP contribution in [0.2, 0.25) is 0 Å². The van der Waals surface area contributed by atoms with E-state index in [1.807, 2.05) is 62.4 Å². The zero-order valence-electron chi connectivity index (χ0n) is 14.3. The van der Waals surface area contributed by atoms with Crippen LogP contribution in [-0.4, -0.2) is 23.7 Å². The minimum Gasteiger partial charge on any atom is -0.491 e. The molecule has 130 valence electrons. The summed E-state index contributed by atoms with van der Waals surface area (Å²) >= 11 is 1.59. The molecule has 0 spiro atoms. The van der Waals surface area contributed by atoms with Gasteiger partial charge in [-0.3, -0.25) is 0 Å². The standard InChI is InChI=1S/C19H21N3O2S/c1-13-6-5-7-15(10-13)24-12-14(2)21-19(23)20-11-18-22-16-8-3-4-9-17(16)25-18/h3-10,14H,11-12H2,1-2H3,(H2,20,21,23). The fraction of sp³-hybridized carbons (Fsp3) is 0.263. The molecule has 25 heavy (non-hydrogen) atoms. The van der Waals surface area contributed by atoms with Crippen molar-refractivity contribution in [3.8, 4) is 5.75 Å². The number of amides is 2. The quantitative estimate of drug-likeness (QED) is 0.705. The van der Waals surface area contributed by atoms with Gasteiger partial charge in [0.05, 0.1) is 22.8 Å². The zero-order chi connectivity index (χ0) is 17.6. The number of carbonyl (C=O) groups excluding carboxylic acids is 1. The maximum absolute atomic E-state index is 12.0. The summed E-state index contributed by atoms with van der Waals surface area (Å²) in [6.45, 7) is 4.76. The van der Waals surface area contributed by atoms with Crippen molar-refractivity contribution in [1.29, 1.82) is 0 Å². The van der Waals surface area contributed by atoms with Crippen LogP contribution in [0.25, 0.3) is 10.2 Å². The molecule has 0 aliphatic rings. The van der Waals surface area contributed by atoms with Gasteiger partial charge in [-0.15, -0.1) is 11.3 Å². The molecule has 3 aromatic rings. The van der Waals surface area contributed by atoms with Gasteiger partial charge in [-0.05, 0) is 43.7 Å². The summed E-state index contributed by atoms with van der Waals surface area (Å²) in [6, 6.07) is 15.5. The van der Waals surface area contributed by atoms with Gasteiger partial charge in [0.15, 0.2) is 0 Å². The third kappa shape index (κ3) is 4.93. The van der Waals surface area contributed by atoms with E-state index in [4.69, 9.17) is 4.74 Å². The monoisotopic (exact) mass is 355 g/mol. The third-order valence-electron chi connectivity index (χ3n) is 3.61. The molecule has 2 N–H and O–H groups in total. The number of carbonyl (C=O) groups is 1. The normalized spacial score (nSPS) is 11.9. The van der Waals surface area contributed by atoms with Gasteiger partial charge in [-0.25, -0.2) is 9.78 Å². The Balaban J connectivity index is 1.43. The van der Waals surface area contributed by atoms with Crippen LogP contribution in [-0.2, 0) is 6.54 Å². The van der Waals surface area contributed by atoms with Crippen LogP contribution in [0.5, 0.6) is 5.75 Å². The van der Waals surface area contributed by atoms with E-state index in [9.17, 15) is 4.79 Å². The number of hydrogen-bond acceptors (Lipinski definition) is 4. The number of benzene rings is 2. The van der Waals surface area contributed by atoms with Crippen LogP contribution in [0.4, 0.5) is 4.79 Å². The molecule has 1 unspecified atom stereocenters. The molecule has 0 fully saturated rings. The molecule has 3 rings (SSSR count). The fourth-order valence-electron chi connectivity index (χ4n) is 2.39. The Morgan fingerprint density at radius 3 is 2.88 bits per heavy atom. The van der Waals surface area contributed by atoms with Crippen LogP contribution in [0.3, 0.4) is 0 Å². The summed E-state index contributed by atoms with van der Waals surface area (Å²) in [5.41, 5.74) is 2.11. The Morgan fingerprint density at radius 2 is 2.08 bits per heavy atom. The van der Waals surface area contributed by atoms with E-state index < -0.39 is 0 Å². The van der Waals surface area contributed by atoms with Gasteiger partial charge < -0.3 is 15.4 Å². The average Bonchev–Trinajstić information content (AvgIpc) is 3.01. The van der Waals surface area contributed by atoms with Crippen molar-refractivity contribution in [2.75, 3.05) is 6.61 Å². The highest BCUT2D eigenvalue weighted by molar-refractivity contribution is 7.18. The molecule has 1 atom stereocenters. The van der Waals surface area contributed by atoms with E-state index in [0.29, 0.717) is 13.2 Å². The average molecular weight is 355 g/mol. The Morgan fingerprint density at radius 1 is 1.24 bits per heavy atom. The van der Waals surface area contributed by atoms with Gasteiger partial charge in [-0.2, -0.15) is 0 Å². The molecule has 2 aromatic carbocycles. The van der Waals surface area contributed by atoms with Crippen molar-refractivity contribution in [3.05, 3.63) is 59.1 Å². The van der Waals surface area contributed by atoms with Gasteiger partial charge in [0.25, 0.3) is 0 Å². The summed E-state index contributed by atoms with van der Waals surface area (Å²) in [4.78, 5) is 16.5. The molecule has 0 bridgehead atoms. The van der Waals surface area contributed by atoms with E-state index in [-0.39, 0.29) is 12.1 Å². The first kappa shape index (κ1) is 17.2. The number of rotatable bonds is 6. The molecule has 6 heteroatoms. The Hall–Kier alpha value is -2.60. The van der Waals surface area contributed by atoms with Crippen molar-refractivity contribution in [2.45, 2.75) is 26.4 Å². The molecule has 0 radical (unpaired) electrons. The van der Waals surface area contributed by atoms with Crippen LogP contribution in [0.15, 0.2) is 48.5 Å². The van der Waals surface area contributed by atoms with Crippen LogP contribution >= 0.6 is 11.3 Å².